The van der Waals surface area contributed by atoms with E-state index in [1.165, 1.54) is 19.2 Å². The van der Waals surface area contributed by atoms with E-state index < -0.39 is 52.6 Å². The average Bonchev–Trinajstić information content (AvgIpc) is 3.17. The van der Waals surface area contributed by atoms with Gasteiger partial charge in [-0.2, -0.15) is 0 Å². The first kappa shape index (κ1) is 32.9. The van der Waals surface area contributed by atoms with Gasteiger partial charge in [-0.15, -0.1) is 0 Å². The third-order valence-electron chi connectivity index (χ3n) is 9.40. The van der Waals surface area contributed by atoms with Gasteiger partial charge in [0, 0.05) is 30.1 Å². The summed E-state index contributed by atoms with van der Waals surface area (Å²) < 4.78 is 16.7. The average molecular weight is 629 g/mol. The molecule has 0 radical (unpaired) electrons. The number of ether oxygens (including phenoxy) is 3. The highest BCUT2D eigenvalue weighted by atomic mass is 16.5. The predicted molar refractivity (Wildman–Crippen MR) is 169 cm³/mol. The molecule has 5 rings (SSSR count). The van der Waals surface area contributed by atoms with Crippen molar-refractivity contribution < 1.29 is 43.9 Å². The zero-order valence-corrected chi connectivity index (χ0v) is 26.5. The fraction of sp³-hybridized carbons (Fsp3) is 0.378. The summed E-state index contributed by atoms with van der Waals surface area (Å²) >= 11 is 0. The van der Waals surface area contributed by atoms with Gasteiger partial charge >= 0.3 is 11.9 Å². The number of phenolic OH excluding ortho intramolecular Hbond substituents is 1. The van der Waals surface area contributed by atoms with Gasteiger partial charge in [-0.3, -0.25) is 14.4 Å². The minimum absolute atomic E-state index is 0.0488. The first-order valence-corrected chi connectivity index (χ1v) is 15.3. The Bertz CT molecular complexity index is 1650. The SMILES string of the molecule is C=C(C)[C@@H]1C(OC(=O)Cc2ccccc2)=C[C@@H](C)[C@@]2(O)[C@H]1C=C(COC(=O)Cc1ccc(O)c(OC)c1)C[C@]1(O)C(=O)C(C)=C[C@@H]21. The summed E-state index contributed by atoms with van der Waals surface area (Å²) in [5.74, 6) is -4.15. The van der Waals surface area contributed by atoms with Crippen LogP contribution in [0.2, 0.25) is 0 Å². The van der Waals surface area contributed by atoms with Gasteiger partial charge < -0.3 is 29.5 Å². The maximum Gasteiger partial charge on any atom is 0.315 e. The number of carbonyl (C=O) groups is 3. The van der Waals surface area contributed by atoms with Crippen LogP contribution in [0.5, 0.6) is 11.5 Å². The van der Waals surface area contributed by atoms with Gasteiger partial charge in [0.15, 0.2) is 17.3 Å². The molecule has 3 N–H and O–H groups in total. The topological polar surface area (TPSA) is 140 Å². The van der Waals surface area contributed by atoms with Gasteiger partial charge in [0.05, 0.1) is 25.6 Å². The summed E-state index contributed by atoms with van der Waals surface area (Å²) in [4.78, 5) is 39.5. The molecule has 0 heterocycles. The number of aromatic hydroxyl groups is 1. The molecule has 0 bridgehead atoms. The van der Waals surface area contributed by atoms with Crippen molar-refractivity contribution in [3.8, 4) is 11.5 Å². The van der Waals surface area contributed by atoms with E-state index in [0.717, 1.165) is 5.56 Å². The second kappa shape index (κ2) is 12.7. The second-order valence-electron chi connectivity index (χ2n) is 12.7. The number of methoxy groups -OCH3 is 1. The molecule has 2 aromatic carbocycles. The Morgan fingerprint density at radius 1 is 1.00 bits per heavy atom. The fourth-order valence-electron chi connectivity index (χ4n) is 7.16. The Balaban J connectivity index is 1.47. The molecule has 9 nitrogen and oxygen atoms in total. The van der Waals surface area contributed by atoms with Gasteiger partial charge in [-0.1, -0.05) is 67.6 Å². The molecular weight excluding hydrogens is 588 g/mol. The molecule has 0 saturated carbocycles. The van der Waals surface area contributed by atoms with Crippen molar-refractivity contribution in [2.45, 2.75) is 51.2 Å². The number of ketones is 1. The van der Waals surface area contributed by atoms with Crippen molar-refractivity contribution >= 4 is 17.7 Å². The molecular formula is C37H40O9. The predicted octanol–water partition coefficient (Wildman–Crippen LogP) is 4.55. The second-order valence-corrected chi connectivity index (χ2v) is 12.7. The number of rotatable bonds is 9. The number of Topliss-reactive ketones (excluding diaryl/α,β-unsaturated/α-hetero) is 1. The van der Waals surface area contributed by atoms with Gasteiger partial charge in [-0.05, 0) is 54.3 Å². The standard InChI is InChI=1S/C37H40O9/c1-21(2)34-27-15-26(20-45-32(39)18-25-11-12-28(38)29(16-25)44-5)19-36(42)31(13-22(3)35(36)41)37(27,43)23(4)14-30(34)46-33(40)17-24-9-7-6-8-10-24/h6-16,23,27,31,34,38,42-43H,1,17-20H2,2-5H3/t23-,27+,31-,34+,36-,37-/m1/s1. The summed E-state index contributed by atoms with van der Waals surface area (Å²) in [7, 11) is 1.41. The lowest BCUT2D eigenvalue weighted by Gasteiger charge is -2.51. The van der Waals surface area contributed by atoms with Gasteiger partial charge in [0.25, 0.3) is 0 Å². The van der Waals surface area contributed by atoms with Crippen LogP contribution in [0.15, 0.2) is 95.8 Å². The van der Waals surface area contributed by atoms with Crippen molar-refractivity contribution in [2.24, 2.45) is 23.7 Å². The lowest BCUT2D eigenvalue weighted by Crippen LogP contribution is -2.60. The smallest absolute Gasteiger partial charge is 0.315 e. The zero-order valence-electron chi connectivity index (χ0n) is 26.5. The Hall–Kier alpha value is -4.47. The number of allylic oxidation sites excluding steroid dienone is 1. The fourth-order valence-corrected chi connectivity index (χ4v) is 7.16. The molecule has 9 heteroatoms. The Morgan fingerprint density at radius 2 is 1.70 bits per heavy atom. The summed E-state index contributed by atoms with van der Waals surface area (Å²) in [6.45, 7) is 9.08. The van der Waals surface area contributed by atoms with E-state index in [4.69, 9.17) is 14.2 Å². The Kier molecular flexibility index (Phi) is 9.11. The van der Waals surface area contributed by atoms with E-state index in [1.54, 1.807) is 45.1 Å². The molecule has 0 aliphatic heterocycles. The van der Waals surface area contributed by atoms with Crippen molar-refractivity contribution in [2.75, 3.05) is 13.7 Å². The number of fused-ring (bicyclic) bond motifs is 3. The highest BCUT2D eigenvalue weighted by Crippen LogP contribution is 2.56. The molecule has 0 unspecified atom stereocenters. The normalized spacial score (nSPS) is 28.5. The van der Waals surface area contributed by atoms with Crippen LogP contribution in [0.3, 0.4) is 0 Å². The molecule has 6 atom stereocenters. The van der Waals surface area contributed by atoms with Crippen molar-refractivity contribution in [3.63, 3.8) is 0 Å². The molecule has 0 spiro atoms. The Labute approximate surface area is 268 Å². The number of carbonyl (C=O) groups excluding carboxylic acids is 3. The number of hydrogen-bond donors (Lipinski definition) is 3. The number of esters is 2. The van der Waals surface area contributed by atoms with Crippen LogP contribution in [-0.4, -0.2) is 58.0 Å². The highest BCUT2D eigenvalue weighted by Gasteiger charge is 2.64. The van der Waals surface area contributed by atoms with E-state index >= 15 is 0 Å². The first-order valence-electron chi connectivity index (χ1n) is 15.3. The summed E-state index contributed by atoms with van der Waals surface area (Å²) in [6.07, 6.45) is 4.84. The molecule has 0 amide bonds. The van der Waals surface area contributed by atoms with Crippen molar-refractivity contribution in [1.29, 1.82) is 0 Å². The monoisotopic (exact) mass is 628 g/mol. The maximum absolute atomic E-state index is 13.5. The molecule has 2 aromatic rings. The highest BCUT2D eigenvalue weighted by molar-refractivity contribution is 6.04. The lowest BCUT2D eigenvalue weighted by atomic mass is 9.58. The van der Waals surface area contributed by atoms with Crippen LogP contribution in [0.25, 0.3) is 0 Å². The molecule has 46 heavy (non-hydrogen) atoms. The number of aliphatic hydroxyl groups is 2. The summed E-state index contributed by atoms with van der Waals surface area (Å²) in [6, 6.07) is 13.8. The first-order chi connectivity index (χ1) is 21.8. The molecule has 0 saturated heterocycles. The molecule has 0 fully saturated rings. The Morgan fingerprint density at radius 3 is 2.37 bits per heavy atom. The minimum Gasteiger partial charge on any atom is -0.504 e. The third-order valence-corrected chi connectivity index (χ3v) is 9.40. The zero-order chi connectivity index (χ0) is 33.4. The van der Waals surface area contributed by atoms with Gasteiger partial charge in [0.1, 0.15) is 18.0 Å². The summed E-state index contributed by atoms with van der Waals surface area (Å²) in [5.41, 5.74) is -0.907. The number of phenols is 1. The molecule has 242 valence electrons. The molecule has 3 aliphatic rings. The third kappa shape index (κ3) is 6.04. The van der Waals surface area contributed by atoms with Crippen LogP contribution in [0, 0.1) is 23.7 Å². The van der Waals surface area contributed by atoms with Crippen molar-refractivity contribution in [3.05, 3.63) is 107 Å². The van der Waals surface area contributed by atoms with Crippen LogP contribution in [0.4, 0.5) is 0 Å². The van der Waals surface area contributed by atoms with E-state index in [2.05, 4.69) is 6.58 Å². The van der Waals surface area contributed by atoms with Crippen LogP contribution in [0.1, 0.15) is 38.3 Å². The largest absolute Gasteiger partial charge is 0.504 e. The molecule has 3 aliphatic carbocycles. The van der Waals surface area contributed by atoms with Gasteiger partial charge in [-0.25, -0.2) is 0 Å². The van der Waals surface area contributed by atoms with Crippen LogP contribution < -0.4 is 4.74 Å². The number of benzene rings is 2. The van der Waals surface area contributed by atoms with E-state index in [9.17, 15) is 29.7 Å². The van der Waals surface area contributed by atoms with E-state index in [0.29, 0.717) is 28.0 Å². The van der Waals surface area contributed by atoms with Crippen LogP contribution in [-0.2, 0) is 36.7 Å². The summed E-state index contributed by atoms with van der Waals surface area (Å²) in [5, 5.41) is 34.5. The van der Waals surface area contributed by atoms with E-state index in [1.807, 2.05) is 30.3 Å². The quantitative estimate of drug-likeness (QED) is 0.270. The van der Waals surface area contributed by atoms with Gasteiger partial charge in [0.2, 0.25) is 0 Å². The van der Waals surface area contributed by atoms with Crippen LogP contribution >= 0.6 is 0 Å². The molecule has 0 aromatic heterocycles. The maximum atomic E-state index is 13.5. The minimum atomic E-state index is -1.97. The van der Waals surface area contributed by atoms with Crippen molar-refractivity contribution in [1.82, 2.24) is 0 Å². The lowest BCUT2D eigenvalue weighted by molar-refractivity contribution is -0.163. The van der Waals surface area contributed by atoms with E-state index in [-0.39, 0.29) is 37.4 Å². The number of hydrogen-bond acceptors (Lipinski definition) is 9.